The van der Waals surface area contributed by atoms with Gasteiger partial charge in [-0.05, 0) is 43.5 Å². The van der Waals surface area contributed by atoms with Crippen LogP contribution in [0.25, 0.3) is 0 Å². The lowest BCUT2D eigenvalue weighted by atomic mass is 10.0. The molecular formula is C17H20FNO. The van der Waals surface area contributed by atoms with Gasteiger partial charge in [-0.3, -0.25) is 0 Å². The zero-order valence-electron chi connectivity index (χ0n) is 12.1. The number of nitrogens with one attached hydrogen (secondary N) is 1. The molecule has 0 aliphatic rings. The quantitative estimate of drug-likeness (QED) is 0.882. The Morgan fingerprint density at radius 1 is 1.15 bits per heavy atom. The van der Waals surface area contributed by atoms with Gasteiger partial charge in [-0.2, -0.15) is 0 Å². The first-order valence-electron chi connectivity index (χ1n) is 6.76. The minimum atomic E-state index is -0.137. The molecule has 2 aromatic carbocycles. The fourth-order valence-corrected chi connectivity index (χ4v) is 2.37. The van der Waals surface area contributed by atoms with Crippen molar-refractivity contribution in [1.29, 1.82) is 0 Å². The number of hydrogen-bond acceptors (Lipinski definition) is 2. The summed E-state index contributed by atoms with van der Waals surface area (Å²) in [6, 6.07) is 11.0. The molecule has 106 valence electrons. The third-order valence-corrected chi connectivity index (χ3v) is 3.51. The maximum atomic E-state index is 13.6. The van der Waals surface area contributed by atoms with Crippen molar-refractivity contribution in [1.82, 2.24) is 5.32 Å². The van der Waals surface area contributed by atoms with Crippen LogP contribution < -0.4 is 5.32 Å². The number of aromatic hydroxyl groups is 1. The monoisotopic (exact) mass is 273 g/mol. The van der Waals surface area contributed by atoms with Crippen molar-refractivity contribution < 1.29 is 9.50 Å². The van der Waals surface area contributed by atoms with Crippen LogP contribution in [0.2, 0.25) is 0 Å². The minimum absolute atomic E-state index is 0.0295. The van der Waals surface area contributed by atoms with Crippen LogP contribution in [0.3, 0.4) is 0 Å². The Labute approximate surface area is 119 Å². The molecule has 0 saturated carbocycles. The maximum Gasteiger partial charge on any atom is 0.129 e. The first-order chi connectivity index (χ1) is 9.49. The van der Waals surface area contributed by atoms with E-state index in [-0.39, 0.29) is 11.9 Å². The van der Waals surface area contributed by atoms with Gasteiger partial charge in [0.15, 0.2) is 0 Å². The smallest absolute Gasteiger partial charge is 0.129 e. The van der Waals surface area contributed by atoms with Gasteiger partial charge in [-0.25, -0.2) is 4.39 Å². The third kappa shape index (κ3) is 3.17. The summed E-state index contributed by atoms with van der Waals surface area (Å²) in [5.74, 6) is 0.154. The van der Waals surface area contributed by atoms with E-state index >= 15 is 0 Å². The Balaban J connectivity index is 2.07. The summed E-state index contributed by atoms with van der Waals surface area (Å²) in [6.45, 7) is 6.19. The van der Waals surface area contributed by atoms with Gasteiger partial charge in [0.2, 0.25) is 0 Å². The zero-order chi connectivity index (χ0) is 14.7. The van der Waals surface area contributed by atoms with Crippen molar-refractivity contribution in [3.05, 3.63) is 64.5 Å². The summed E-state index contributed by atoms with van der Waals surface area (Å²) in [7, 11) is 0. The van der Waals surface area contributed by atoms with Gasteiger partial charge in [0.1, 0.15) is 11.6 Å². The molecule has 3 heteroatoms. The third-order valence-electron chi connectivity index (χ3n) is 3.51. The highest BCUT2D eigenvalue weighted by Crippen LogP contribution is 2.23. The van der Waals surface area contributed by atoms with E-state index in [0.29, 0.717) is 23.4 Å². The second kappa shape index (κ2) is 6.06. The number of para-hydroxylation sites is 1. The molecule has 0 fully saturated rings. The van der Waals surface area contributed by atoms with E-state index in [2.05, 4.69) is 5.32 Å². The second-order valence-corrected chi connectivity index (χ2v) is 5.21. The summed E-state index contributed by atoms with van der Waals surface area (Å²) in [5.41, 5.74) is 3.24. The van der Waals surface area contributed by atoms with E-state index in [4.69, 9.17) is 0 Å². The lowest BCUT2D eigenvalue weighted by Crippen LogP contribution is -2.18. The maximum absolute atomic E-state index is 13.6. The first-order valence-corrected chi connectivity index (χ1v) is 6.76. The average molecular weight is 273 g/mol. The number of halogens is 1. The van der Waals surface area contributed by atoms with Crippen LogP contribution in [0.1, 0.15) is 35.2 Å². The number of hydrogen-bond donors (Lipinski definition) is 2. The standard InChI is InChI=1S/C17H20FNO/c1-11-8-14(9-12(2)17(11)18)10-19-13(3)15-6-4-5-7-16(15)20/h4-9,13,19-20H,10H2,1-3H3. The molecule has 2 nitrogen and oxygen atoms in total. The predicted octanol–water partition coefficient (Wildman–Crippen LogP) is 4.00. The SMILES string of the molecule is Cc1cc(CNC(C)c2ccccc2O)cc(C)c1F. The molecular weight excluding hydrogens is 253 g/mol. The Hall–Kier alpha value is -1.87. The van der Waals surface area contributed by atoms with E-state index < -0.39 is 0 Å². The molecule has 0 saturated heterocycles. The Bertz CT molecular complexity index is 587. The van der Waals surface area contributed by atoms with E-state index in [1.165, 1.54) is 0 Å². The fourth-order valence-electron chi connectivity index (χ4n) is 2.37. The average Bonchev–Trinajstić information content (AvgIpc) is 2.42. The Kier molecular flexibility index (Phi) is 4.40. The van der Waals surface area contributed by atoms with Crippen LogP contribution in [0.5, 0.6) is 5.75 Å². The lowest BCUT2D eigenvalue weighted by Gasteiger charge is -2.16. The topological polar surface area (TPSA) is 32.3 Å². The van der Waals surface area contributed by atoms with Gasteiger partial charge in [-0.1, -0.05) is 30.3 Å². The van der Waals surface area contributed by atoms with E-state index in [0.717, 1.165) is 11.1 Å². The van der Waals surface area contributed by atoms with Gasteiger partial charge in [0.05, 0.1) is 0 Å². The van der Waals surface area contributed by atoms with Crippen LogP contribution in [-0.4, -0.2) is 5.11 Å². The van der Waals surface area contributed by atoms with Gasteiger partial charge in [0, 0.05) is 18.2 Å². The van der Waals surface area contributed by atoms with E-state index in [9.17, 15) is 9.50 Å². The van der Waals surface area contributed by atoms with Gasteiger partial charge in [-0.15, -0.1) is 0 Å². The van der Waals surface area contributed by atoms with Gasteiger partial charge >= 0.3 is 0 Å². The molecule has 2 rings (SSSR count). The second-order valence-electron chi connectivity index (χ2n) is 5.21. The van der Waals surface area contributed by atoms with Crippen molar-refractivity contribution in [2.45, 2.75) is 33.4 Å². The summed E-state index contributed by atoms with van der Waals surface area (Å²) in [5, 5.41) is 13.2. The molecule has 0 aromatic heterocycles. The number of aryl methyl sites for hydroxylation is 2. The fraction of sp³-hybridized carbons (Fsp3) is 0.294. The van der Waals surface area contributed by atoms with Crippen LogP contribution in [0, 0.1) is 19.7 Å². The Morgan fingerprint density at radius 3 is 2.35 bits per heavy atom. The minimum Gasteiger partial charge on any atom is -0.508 e. The van der Waals surface area contributed by atoms with Gasteiger partial charge in [0.25, 0.3) is 0 Å². The highest BCUT2D eigenvalue weighted by atomic mass is 19.1. The molecule has 1 unspecified atom stereocenters. The highest BCUT2D eigenvalue weighted by Gasteiger charge is 2.10. The van der Waals surface area contributed by atoms with Crippen LogP contribution in [0.15, 0.2) is 36.4 Å². The van der Waals surface area contributed by atoms with Crippen molar-refractivity contribution >= 4 is 0 Å². The van der Waals surface area contributed by atoms with Crippen LogP contribution >= 0.6 is 0 Å². The molecule has 0 amide bonds. The Morgan fingerprint density at radius 2 is 1.75 bits per heavy atom. The molecule has 20 heavy (non-hydrogen) atoms. The molecule has 2 N–H and O–H groups in total. The molecule has 2 aromatic rings. The van der Waals surface area contributed by atoms with Crippen molar-refractivity contribution in [2.75, 3.05) is 0 Å². The predicted molar refractivity (Wildman–Crippen MR) is 79.2 cm³/mol. The highest BCUT2D eigenvalue weighted by molar-refractivity contribution is 5.34. The summed E-state index contributed by atoms with van der Waals surface area (Å²) in [6.07, 6.45) is 0. The van der Waals surface area contributed by atoms with E-state index in [1.807, 2.05) is 31.2 Å². The molecule has 0 radical (unpaired) electrons. The molecule has 0 heterocycles. The normalized spacial score (nSPS) is 12.4. The molecule has 1 atom stereocenters. The van der Waals surface area contributed by atoms with E-state index in [1.54, 1.807) is 26.0 Å². The number of phenols is 1. The summed E-state index contributed by atoms with van der Waals surface area (Å²) < 4.78 is 13.6. The van der Waals surface area contributed by atoms with Crippen molar-refractivity contribution in [3.8, 4) is 5.75 Å². The molecule has 0 spiro atoms. The first kappa shape index (κ1) is 14.5. The van der Waals surface area contributed by atoms with Crippen LogP contribution in [-0.2, 0) is 6.54 Å². The lowest BCUT2D eigenvalue weighted by molar-refractivity contribution is 0.452. The van der Waals surface area contributed by atoms with Crippen molar-refractivity contribution in [2.24, 2.45) is 0 Å². The summed E-state index contributed by atoms with van der Waals surface area (Å²) in [4.78, 5) is 0. The summed E-state index contributed by atoms with van der Waals surface area (Å²) >= 11 is 0. The van der Waals surface area contributed by atoms with Crippen molar-refractivity contribution in [3.63, 3.8) is 0 Å². The molecule has 0 aliphatic heterocycles. The van der Waals surface area contributed by atoms with Gasteiger partial charge < -0.3 is 10.4 Å². The molecule has 0 bridgehead atoms. The largest absolute Gasteiger partial charge is 0.508 e. The number of phenolic OH excluding ortho intramolecular Hbond substituents is 1. The van der Waals surface area contributed by atoms with Crippen LogP contribution in [0.4, 0.5) is 4.39 Å². The number of rotatable bonds is 4. The number of benzene rings is 2. The molecule has 0 aliphatic carbocycles. The zero-order valence-corrected chi connectivity index (χ0v) is 12.1.